The normalized spacial score (nSPS) is 25.1. The van der Waals surface area contributed by atoms with E-state index in [2.05, 4.69) is 29.1 Å². The molecule has 1 aliphatic rings. The molecule has 15 heavy (non-hydrogen) atoms. The molecule has 1 saturated carbocycles. The lowest BCUT2D eigenvalue weighted by Crippen LogP contribution is -2.46. The van der Waals surface area contributed by atoms with Crippen LogP contribution in [0.5, 0.6) is 0 Å². The van der Waals surface area contributed by atoms with E-state index in [1.807, 2.05) is 0 Å². The Labute approximate surface area is 95.6 Å². The fraction of sp³-hybridized carbons (Fsp3) is 0.667. The molecule has 0 unspecified atom stereocenters. The first kappa shape index (κ1) is 11.1. The minimum Gasteiger partial charge on any atom is -0.378 e. The lowest BCUT2D eigenvalue weighted by atomic mass is 9.89. The molecule has 0 spiro atoms. The van der Waals surface area contributed by atoms with Crippen LogP contribution in [0.25, 0.3) is 0 Å². The van der Waals surface area contributed by atoms with Gasteiger partial charge in [0.2, 0.25) is 0 Å². The first-order chi connectivity index (χ1) is 7.38. The number of hydrogen-bond donors (Lipinski definition) is 1. The van der Waals surface area contributed by atoms with Crippen molar-refractivity contribution in [3.8, 4) is 0 Å². The van der Waals surface area contributed by atoms with Gasteiger partial charge in [0.25, 0.3) is 0 Å². The highest BCUT2D eigenvalue weighted by atomic mass is 32.1. The van der Waals surface area contributed by atoms with Gasteiger partial charge in [0.05, 0.1) is 6.10 Å². The van der Waals surface area contributed by atoms with Gasteiger partial charge in [0, 0.05) is 12.6 Å². The first-order valence-electron chi connectivity index (χ1n) is 5.74. The van der Waals surface area contributed by atoms with Gasteiger partial charge in [-0.25, -0.2) is 0 Å². The van der Waals surface area contributed by atoms with Gasteiger partial charge >= 0.3 is 0 Å². The van der Waals surface area contributed by atoms with Crippen molar-refractivity contribution in [2.45, 2.75) is 38.3 Å². The fourth-order valence-electron chi connectivity index (χ4n) is 1.96. The Balaban J connectivity index is 1.53. The van der Waals surface area contributed by atoms with Gasteiger partial charge in [0.1, 0.15) is 0 Å². The van der Waals surface area contributed by atoms with Crippen LogP contribution in [0, 0.1) is 0 Å². The molecule has 0 aliphatic heterocycles. The van der Waals surface area contributed by atoms with E-state index in [4.69, 9.17) is 4.74 Å². The summed E-state index contributed by atoms with van der Waals surface area (Å²) in [6, 6.07) is 2.90. The Morgan fingerprint density at radius 1 is 1.53 bits per heavy atom. The van der Waals surface area contributed by atoms with Crippen LogP contribution >= 0.6 is 11.3 Å². The molecule has 1 heterocycles. The zero-order valence-electron chi connectivity index (χ0n) is 9.24. The molecule has 1 aromatic rings. The van der Waals surface area contributed by atoms with E-state index in [1.165, 1.54) is 18.4 Å². The van der Waals surface area contributed by atoms with Gasteiger partial charge in [-0.2, -0.15) is 11.3 Å². The molecule has 0 amide bonds. The van der Waals surface area contributed by atoms with Gasteiger partial charge in [0.15, 0.2) is 0 Å². The maximum Gasteiger partial charge on any atom is 0.0604 e. The molecule has 0 atom stereocenters. The topological polar surface area (TPSA) is 21.3 Å². The predicted molar refractivity (Wildman–Crippen MR) is 64.5 cm³/mol. The number of ether oxygens (including phenoxy) is 1. The fourth-order valence-corrected chi connectivity index (χ4v) is 2.66. The van der Waals surface area contributed by atoms with E-state index in [-0.39, 0.29) is 0 Å². The van der Waals surface area contributed by atoms with Crippen molar-refractivity contribution in [1.82, 2.24) is 5.32 Å². The summed E-state index contributed by atoms with van der Waals surface area (Å²) in [4.78, 5) is 0. The Hall–Kier alpha value is -0.380. The van der Waals surface area contributed by atoms with Crippen molar-refractivity contribution >= 4 is 11.3 Å². The maximum atomic E-state index is 5.52. The van der Waals surface area contributed by atoms with E-state index >= 15 is 0 Å². The quantitative estimate of drug-likeness (QED) is 0.803. The second-order valence-corrected chi connectivity index (χ2v) is 4.86. The molecule has 1 N–H and O–H groups in total. The standard InChI is InChI=1S/C12H19NOS/c1-2-14-12-7-11(8-12)13-5-3-10-4-6-15-9-10/h4,6,9,11-13H,2-3,5,7-8H2,1H3. The summed E-state index contributed by atoms with van der Waals surface area (Å²) >= 11 is 1.78. The van der Waals surface area contributed by atoms with Crippen molar-refractivity contribution < 1.29 is 4.74 Å². The third kappa shape index (κ3) is 3.30. The molecule has 2 rings (SSSR count). The highest BCUT2D eigenvalue weighted by Crippen LogP contribution is 2.23. The molecular formula is C12H19NOS. The Kier molecular flexibility index (Phi) is 4.18. The Morgan fingerprint density at radius 2 is 2.40 bits per heavy atom. The van der Waals surface area contributed by atoms with Crippen LogP contribution in [0.2, 0.25) is 0 Å². The van der Waals surface area contributed by atoms with E-state index in [0.717, 1.165) is 19.6 Å². The summed E-state index contributed by atoms with van der Waals surface area (Å²) in [6.07, 6.45) is 4.06. The molecule has 0 saturated heterocycles. The molecular weight excluding hydrogens is 206 g/mol. The van der Waals surface area contributed by atoms with Crippen molar-refractivity contribution in [3.63, 3.8) is 0 Å². The molecule has 1 aromatic heterocycles. The average Bonchev–Trinajstić information content (AvgIpc) is 2.66. The van der Waals surface area contributed by atoms with Gasteiger partial charge in [-0.05, 0) is 55.1 Å². The maximum absolute atomic E-state index is 5.52. The molecule has 3 heteroatoms. The molecule has 0 aromatic carbocycles. The van der Waals surface area contributed by atoms with Crippen LogP contribution in [-0.2, 0) is 11.2 Å². The van der Waals surface area contributed by atoms with E-state index < -0.39 is 0 Å². The van der Waals surface area contributed by atoms with Crippen LogP contribution < -0.4 is 5.32 Å². The molecule has 0 bridgehead atoms. The molecule has 0 radical (unpaired) electrons. The van der Waals surface area contributed by atoms with Gasteiger partial charge in [-0.15, -0.1) is 0 Å². The van der Waals surface area contributed by atoms with Crippen LogP contribution in [-0.4, -0.2) is 25.3 Å². The summed E-state index contributed by atoms with van der Waals surface area (Å²) in [6.45, 7) is 4.02. The van der Waals surface area contributed by atoms with Crippen LogP contribution in [0.4, 0.5) is 0 Å². The van der Waals surface area contributed by atoms with E-state index in [0.29, 0.717) is 12.1 Å². The summed E-state index contributed by atoms with van der Waals surface area (Å²) in [5.74, 6) is 0. The highest BCUT2D eigenvalue weighted by molar-refractivity contribution is 7.07. The van der Waals surface area contributed by atoms with E-state index in [9.17, 15) is 0 Å². The monoisotopic (exact) mass is 225 g/mol. The third-order valence-corrected chi connectivity index (χ3v) is 3.66. The van der Waals surface area contributed by atoms with Crippen molar-refractivity contribution in [2.24, 2.45) is 0 Å². The SMILES string of the molecule is CCOC1CC(NCCc2ccsc2)C1. The number of hydrogen-bond acceptors (Lipinski definition) is 3. The minimum absolute atomic E-state index is 0.522. The summed E-state index contributed by atoms with van der Waals surface area (Å²) in [5, 5.41) is 7.94. The number of thiophene rings is 1. The lowest BCUT2D eigenvalue weighted by Gasteiger charge is -2.35. The molecule has 2 nitrogen and oxygen atoms in total. The first-order valence-corrected chi connectivity index (χ1v) is 6.69. The molecule has 1 fully saturated rings. The zero-order chi connectivity index (χ0) is 10.5. The highest BCUT2D eigenvalue weighted by Gasteiger charge is 2.28. The third-order valence-electron chi connectivity index (χ3n) is 2.92. The summed E-state index contributed by atoms with van der Waals surface area (Å²) < 4.78 is 5.52. The number of nitrogens with one attached hydrogen (secondary N) is 1. The van der Waals surface area contributed by atoms with Gasteiger partial charge < -0.3 is 10.1 Å². The van der Waals surface area contributed by atoms with E-state index in [1.54, 1.807) is 11.3 Å². The number of rotatable bonds is 6. The average molecular weight is 225 g/mol. The lowest BCUT2D eigenvalue weighted by molar-refractivity contribution is -0.00960. The zero-order valence-corrected chi connectivity index (χ0v) is 10.1. The van der Waals surface area contributed by atoms with Crippen LogP contribution in [0.3, 0.4) is 0 Å². The minimum atomic E-state index is 0.522. The van der Waals surface area contributed by atoms with Crippen molar-refractivity contribution in [1.29, 1.82) is 0 Å². The van der Waals surface area contributed by atoms with Crippen LogP contribution in [0.15, 0.2) is 16.8 Å². The van der Waals surface area contributed by atoms with Crippen molar-refractivity contribution in [2.75, 3.05) is 13.2 Å². The molecule has 1 aliphatic carbocycles. The van der Waals surface area contributed by atoms with Gasteiger partial charge in [-0.3, -0.25) is 0 Å². The largest absolute Gasteiger partial charge is 0.378 e. The second kappa shape index (κ2) is 5.64. The summed E-state index contributed by atoms with van der Waals surface area (Å²) in [7, 11) is 0. The second-order valence-electron chi connectivity index (χ2n) is 4.08. The molecule has 84 valence electrons. The van der Waals surface area contributed by atoms with Crippen LogP contribution in [0.1, 0.15) is 25.3 Å². The van der Waals surface area contributed by atoms with Gasteiger partial charge in [-0.1, -0.05) is 0 Å². The Morgan fingerprint density at radius 3 is 3.07 bits per heavy atom. The Bertz CT molecular complexity index is 267. The van der Waals surface area contributed by atoms with Crippen molar-refractivity contribution in [3.05, 3.63) is 22.4 Å². The smallest absolute Gasteiger partial charge is 0.0604 e. The predicted octanol–water partition coefficient (Wildman–Crippen LogP) is 2.45. The summed E-state index contributed by atoms with van der Waals surface area (Å²) in [5.41, 5.74) is 1.45.